The minimum atomic E-state index is -0.877. The fraction of sp³-hybridized carbons (Fsp3) is 0.933. The molecule has 0 aromatic carbocycles. The van der Waals surface area contributed by atoms with Gasteiger partial charge in [0.25, 0.3) is 0 Å². The van der Waals surface area contributed by atoms with Crippen molar-refractivity contribution in [3.63, 3.8) is 0 Å². The molecule has 5 heteroatoms. The van der Waals surface area contributed by atoms with Crippen molar-refractivity contribution in [2.24, 2.45) is 5.73 Å². The second kappa shape index (κ2) is 8.60. The van der Waals surface area contributed by atoms with E-state index < -0.39 is 5.54 Å². The number of esters is 1. The van der Waals surface area contributed by atoms with Gasteiger partial charge in [-0.2, -0.15) is 0 Å². The van der Waals surface area contributed by atoms with Crippen LogP contribution in [0.1, 0.15) is 46.0 Å². The van der Waals surface area contributed by atoms with Crippen molar-refractivity contribution in [2.75, 3.05) is 33.4 Å². The summed E-state index contributed by atoms with van der Waals surface area (Å²) in [7, 11) is 2.09. The molecule has 0 aliphatic carbocycles. The predicted molar refractivity (Wildman–Crippen MR) is 79.5 cm³/mol. The molecule has 1 aliphatic heterocycles. The van der Waals surface area contributed by atoms with E-state index in [1.165, 1.54) is 12.8 Å². The van der Waals surface area contributed by atoms with Gasteiger partial charge in [0.2, 0.25) is 0 Å². The summed E-state index contributed by atoms with van der Waals surface area (Å²) in [5.74, 6) is -0.307. The van der Waals surface area contributed by atoms with Crippen LogP contribution in [-0.4, -0.2) is 55.9 Å². The van der Waals surface area contributed by atoms with E-state index in [0.29, 0.717) is 19.1 Å². The zero-order valence-electron chi connectivity index (χ0n) is 13.2. The number of carbonyl (C=O) groups excluding carboxylic acids is 1. The summed E-state index contributed by atoms with van der Waals surface area (Å²) >= 11 is 0. The second-order valence-electron chi connectivity index (χ2n) is 5.99. The first-order chi connectivity index (χ1) is 9.45. The Balaban J connectivity index is 2.20. The van der Waals surface area contributed by atoms with Crippen molar-refractivity contribution in [1.82, 2.24) is 4.90 Å². The normalized spacial score (nSPS) is 22.6. The third-order valence-corrected chi connectivity index (χ3v) is 3.77. The Kier molecular flexibility index (Phi) is 7.48. The number of rotatable bonds is 8. The van der Waals surface area contributed by atoms with Gasteiger partial charge >= 0.3 is 5.97 Å². The lowest BCUT2D eigenvalue weighted by Gasteiger charge is -2.28. The van der Waals surface area contributed by atoms with Crippen molar-refractivity contribution in [3.8, 4) is 0 Å². The molecule has 0 amide bonds. The molecule has 0 spiro atoms. The molecule has 1 heterocycles. The molecule has 0 radical (unpaired) electrons. The lowest BCUT2D eigenvalue weighted by Crippen LogP contribution is -2.46. The summed E-state index contributed by atoms with van der Waals surface area (Å²) < 4.78 is 10.7. The van der Waals surface area contributed by atoms with Crippen LogP contribution in [0.2, 0.25) is 0 Å². The molecular formula is C15H30N2O3. The minimum absolute atomic E-state index is 0.307. The van der Waals surface area contributed by atoms with E-state index >= 15 is 0 Å². The molecule has 1 fully saturated rings. The van der Waals surface area contributed by atoms with Crippen LogP contribution in [0.5, 0.6) is 0 Å². The first-order valence-corrected chi connectivity index (χ1v) is 7.72. The van der Waals surface area contributed by atoms with E-state index in [1.807, 2.05) is 0 Å². The van der Waals surface area contributed by atoms with Gasteiger partial charge in [-0.25, -0.2) is 0 Å². The zero-order chi connectivity index (χ0) is 15.0. The zero-order valence-corrected chi connectivity index (χ0v) is 13.2. The van der Waals surface area contributed by atoms with Crippen molar-refractivity contribution in [3.05, 3.63) is 0 Å². The highest BCUT2D eigenvalue weighted by Crippen LogP contribution is 2.15. The summed E-state index contributed by atoms with van der Waals surface area (Å²) in [6, 6.07) is 0. The number of carbonyl (C=O) groups is 1. The lowest BCUT2D eigenvalue weighted by atomic mass is 9.97. The minimum Gasteiger partial charge on any atom is -0.465 e. The van der Waals surface area contributed by atoms with Crippen LogP contribution in [0.15, 0.2) is 0 Å². The standard InChI is InChI=1S/C15H30N2O3/c1-4-19-14(18)15(2,16)9-7-10-17(3)12-13-8-5-6-11-20-13/h13H,4-12,16H2,1-3H3. The van der Waals surface area contributed by atoms with Crippen molar-refractivity contribution in [2.45, 2.75) is 57.6 Å². The van der Waals surface area contributed by atoms with Crippen LogP contribution < -0.4 is 5.73 Å². The molecule has 0 saturated carbocycles. The molecule has 118 valence electrons. The SMILES string of the molecule is CCOC(=O)C(C)(N)CCCN(C)CC1CCCCO1. The van der Waals surface area contributed by atoms with Gasteiger partial charge in [0.1, 0.15) is 5.54 Å². The van der Waals surface area contributed by atoms with E-state index in [0.717, 1.165) is 32.5 Å². The molecule has 2 unspecified atom stereocenters. The number of nitrogens with two attached hydrogens (primary N) is 1. The molecule has 2 N–H and O–H groups in total. The van der Waals surface area contributed by atoms with Gasteiger partial charge < -0.3 is 20.1 Å². The quantitative estimate of drug-likeness (QED) is 0.686. The maximum Gasteiger partial charge on any atom is 0.325 e. The highest BCUT2D eigenvalue weighted by molar-refractivity contribution is 5.79. The molecule has 0 bridgehead atoms. The van der Waals surface area contributed by atoms with Gasteiger partial charge in [0, 0.05) is 13.2 Å². The number of likely N-dealkylation sites (N-methyl/N-ethyl adjacent to an activating group) is 1. The van der Waals surface area contributed by atoms with Gasteiger partial charge in [0.15, 0.2) is 0 Å². The molecule has 1 aliphatic rings. The average Bonchev–Trinajstić information content (AvgIpc) is 2.39. The van der Waals surface area contributed by atoms with Crippen molar-refractivity contribution in [1.29, 1.82) is 0 Å². The molecule has 20 heavy (non-hydrogen) atoms. The number of ether oxygens (including phenoxy) is 2. The van der Waals surface area contributed by atoms with Crippen LogP contribution in [0.25, 0.3) is 0 Å². The van der Waals surface area contributed by atoms with Crippen LogP contribution >= 0.6 is 0 Å². The van der Waals surface area contributed by atoms with E-state index in [-0.39, 0.29) is 5.97 Å². The van der Waals surface area contributed by atoms with Gasteiger partial charge in [-0.1, -0.05) is 0 Å². The van der Waals surface area contributed by atoms with Crippen LogP contribution in [0.3, 0.4) is 0 Å². The van der Waals surface area contributed by atoms with Gasteiger partial charge in [-0.3, -0.25) is 4.79 Å². The Morgan fingerprint density at radius 3 is 2.85 bits per heavy atom. The number of hydrogen-bond donors (Lipinski definition) is 1. The second-order valence-corrected chi connectivity index (χ2v) is 5.99. The number of hydrogen-bond acceptors (Lipinski definition) is 5. The Morgan fingerprint density at radius 2 is 2.25 bits per heavy atom. The lowest BCUT2D eigenvalue weighted by molar-refractivity contribution is -0.149. The largest absolute Gasteiger partial charge is 0.465 e. The molecule has 1 rings (SSSR count). The monoisotopic (exact) mass is 286 g/mol. The summed E-state index contributed by atoms with van der Waals surface area (Å²) in [6.07, 6.45) is 5.49. The van der Waals surface area contributed by atoms with E-state index in [9.17, 15) is 4.79 Å². The predicted octanol–water partition coefficient (Wildman–Crippen LogP) is 1.55. The molecule has 2 atom stereocenters. The number of nitrogens with zero attached hydrogens (tertiary/aromatic N) is 1. The molecule has 0 aromatic rings. The highest BCUT2D eigenvalue weighted by atomic mass is 16.5. The van der Waals surface area contributed by atoms with Gasteiger partial charge in [-0.05, 0) is 59.5 Å². The summed E-state index contributed by atoms with van der Waals surface area (Å²) in [6.45, 7) is 6.70. The van der Waals surface area contributed by atoms with Gasteiger partial charge in [0.05, 0.1) is 12.7 Å². The fourth-order valence-corrected chi connectivity index (χ4v) is 2.50. The summed E-state index contributed by atoms with van der Waals surface area (Å²) in [5, 5.41) is 0. The van der Waals surface area contributed by atoms with Gasteiger partial charge in [-0.15, -0.1) is 0 Å². The molecular weight excluding hydrogens is 256 g/mol. The molecule has 1 saturated heterocycles. The van der Waals surface area contributed by atoms with Crippen LogP contribution in [-0.2, 0) is 14.3 Å². The Bertz CT molecular complexity index is 289. The third kappa shape index (κ3) is 6.20. The summed E-state index contributed by atoms with van der Waals surface area (Å²) in [5.41, 5.74) is 5.12. The van der Waals surface area contributed by atoms with E-state index in [4.69, 9.17) is 15.2 Å². The fourth-order valence-electron chi connectivity index (χ4n) is 2.50. The van der Waals surface area contributed by atoms with E-state index in [1.54, 1.807) is 13.8 Å². The Labute approximate surface area is 122 Å². The Hall–Kier alpha value is -0.650. The average molecular weight is 286 g/mol. The highest BCUT2D eigenvalue weighted by Gasteiger charge is 2.29. The maximum absolute atomic E-state index is 11.7. The molecule has 0 aromatic heterocycles. The first-order valence-electron chi connectivity index (χ1n) is 7.72. The smallest absolute Gasteiger partial charge is 0.325 e. The van der Waals surface area contributed by atoms with Crippen LogP contribution in [0.4, 0.5) is 0 Å². The first kappa shape index (κ1) is 17.4. The van der Waals surface area contributed by atoms with Crippen molar-refractivity contribution < 1.29 is 14.3 Å². The van der Waals surface area contributed by atoms with E-state index in [2.05, 4.69) is 11.9 Å². The van der Waals surface area contributed by atoms with Crippen LogP contribution in [0, 0.1) is 0 Å². The third-order valence-electron chi connectivity index (χ3n) is 3.77. The maximum atomic E-state index is 11.7. The van der Waals surface area contributed by atoms with Crippen molar-refractivity contribution >= 4 is 5.97 Å². The summed E-state index contributed by atoms with van der Waals surface area (Å²) in [4.78, 5) is 13.9. The topological polar surface area (TPSA) is 64.8 Å². The Morgan fingerprint density at radius 1 is 1.50 bits per heavy atom. The molecule has 5 nitrogen and oxygen atoms in total.